The molecule has 1 atom stereocenters. The number of fused-ring (bicyclic) bond motifs is 1. The lowest BCUT2D eigenvalue weighted by molar-refractivity contribution is -0.131. The molecule has 0 saturated carbocycles. The first-order valence-electron chi connectivity index (χ1n) is 11.9. The maximum Gasteiger partial charge on any atom is 0.234 e. The van der Waals surface area contributed by atoms with E-state index in [-0.39, 0.29) is 17.9 Å². The summed E-state index contributed by atoms with van der Waals surface area (Å²) in [5, 5.41) is 2.96. The Hall–Kier alpha value is -3.26. The van der Waals surface area contributed by atoms with E-state index in [0.717, 1.165) is 36.6 Å². The van der Waals surface area contributed by atoms with E-state index in [0.29, 0.717) is 51.4 Å². The molecule has 34 heavy (non-hydrogen) atoms. The molecule has 2 aromatic rings. The Labute approximate surface area is 200 Å². The van der Waals surface area contributed by atoms with Gasteiger partial charge in [-0.2, -0.15) is 0 Å². The van der Waals surface area contributed by atoms with Crippen LogP contribution in [-0.2, 0) is 16.0 Å². The monoisotopic (exact) mass is 467 g/mol. The topological polar surface area (TPSA) is 80.3 Å². The van der Waals surface area contributed by atoms with Gasteiger partial charge in [0, 0.05) is 32.6 Å². The summed E-state index contributed by atoms with van der Waals surface area (Å²) >= 11 is 0. The second kappa shape index (κ2) is 11.7. The number of methoxy groups -OCH3 is 1. The van der Waals surface area contributed by atoms with Crippen LogP contribution in [0.5, 0.6) is 17.2 Å². The maximum atomic E-state index is 12.7. The summed E-state index contributed by atoms with van der Waals surface area (Å²) in [7, 11) is 1.64. The third-order valence-electron chi connectivity index (χ3n) is 6.19. The molecule has 1 fully saturated rings. The van der Waals surface area contributed by atoms with E-state index < -0.39 is 0 Å². The second-order valence-corrected chi connectivity index (χ2v) is 8.66. The molecule has 8 heteroatoms. The number of ether oxygens (including phenoxy) is 3. The Balaban J connectivity index is 1.16. The van der Waals surface area contributed by atoms with Crippen LogP contribution < -0.4 is 19.5 Å². The standard InChI is InChI=1S/C26H33N3O5/c1-32-21-10-7-20(8-11-21)9-12-26(31)29-14-4-13-28(15-16-29)18-25(30)27-17-22-19-33-23-5-2-3-6-24(23)34-22/h2-3,5-8,10-11,22H,4,9,12-19H2,1H3,(H,27,30). The van der Waals surface area contributed by atoms with Crippen LogP contribution >= 0.6 is 0 Å². The van der Waals surface area contributed by atoms with Crippen molar-refractivity contribution in [1.29, 1.82) is 0 Å². The number of amides is 2. The molecule has 182 valence electrons. The van der Waals surface area contributed by atoms with Crippen LogP contribution in [-0.4, -0.2) is 80.7 Å². The molecule has 4 rings (SSSR count). The van der Waals surface area contributed by atoms with E-state index in [1.165, 1.54) is 0 Å². The second-order valence-electron chi connectivity index (χ2n) is 8.66. The molecule has 2 amide bonds. The lowest BCUT2D eigenvalue weighted by Crippen LogP contribution is -2.45. The van der Waals surface area contributed by atoms with Crippen molar-refractivity contribution in [3.05, 3.63) is 54.1 Å². The van der Waals surface area contributed by atoms with E-state index in [4.69, 9.17) is 14.2 Å². The molecule has 2 aliphatic heterocycles. The summed E-state index contributed by atoms with van der Waals surface area (Å²) < 4.78 is 16.8. The predicted molar refractivity (Wildman–Crippen MR) is 128 cm³/mol. The van der Waals surface area contributed by atoms with Gasteiger partial charge in [-0.25, -0.2) is 0 Å². The molecule has 2 aliphatic rings. The van der Waals surface area contributed by atoms with Crippen molar-refractivity contribution in [1.82, 2.24) is 15.1 Å². The Morgan fingerprint density at radius 1 is 1.03 bits per heavy atom. The van der Waals surface area contributed by atoms with Gasteiger partial charge >= 0.3 is 0 Å². The quantitative estimate of drug-likeness (QED) is 0.641. The molecule has 0 spiro atoms. The molecule has 1 saturated heterocycles. The third-order valence-corrected chi connectivity index (χ3v) is 6.19. The SMILES string of the molecule is COc1ccc(CCC(=O)N2CCCN(CC(=O)NCC3COc4ccccc4O3)CC2)cc1. The first-order valence-corrected chi connectivity index (χ1v) is 11.9. The summed E-state index contributed by atoms with van der Waals surface area (Å²) in [5.41, 5.74) is 1.12. The molecule has 0 aliphatic carbocycles. The van der Waals surface area contributed by atoms with Crippen LogP contribution in [0.15, 0.2) is 48.5 Å². The molecule has 2 heterocycles. The number of aryl methyl sites for hydroxylation is 1. The summed E-state index contributed by atoms with van der Waals surface area (Å²) in [6.45, 7) is 3.99. The lowest BCUT2D eigenvalue weighted by atomic mass is 10.1. The Bertz CT molecular complexity index is 965. The number of nitrogens with one attached hydrogen (secondary N) is 1. The fraction of sp³-hybridized carbons (Fsp3) is 0.462. The molecule has 0 bridgehead atoms. The normalized spacial score (nSPS) is 18.1. The van der Waals surface area contributed by atoms with Gasteiger partial charge in [-0.1, -0.05) is 24.3 Å². The number of benzene rings is 2. The highest BCUT2D eigenvalue weighted by atomic mass is 16.6. The van der Waals surface area contributed by atoms with Crippen LogP contribution in [0.4, 0.5) is 0 Å². The van der Waals surface area contributed by atoms with E-state index in [9.17, 15) is 9.59 Å². The Kier molecular flexibility index (Phi) is 8.25. The summed E-state index contributed by atoms with van der Waals surface area (Å²) in [6.07, 6.45) is 1.85. The van der Waals surface area contributed by atoms with Crippen molar-refractivity contribution in [2.45, 2.75) is 25.4 Å². The van der Waals surface area contributed by atoms with Crippen LogP contribution in [0.3, 0.4) is 0 Å². The number of nitrogens with zero attached hydrogens (tertiary/aromatic N) is 2. The highest BCUT2D eigenvalue weighted by molar-refractivity contribution is 5.78. The van der Waals surface area contributed by atoms with Crippen molar-refractivity contribution >= 4 is 11.8 Å². The maximum absolute atomic E-state index is 12.7. The summed E-state index contributed by atoms with van der Waals surface area (Å²) in [4.78, 5) is 29.2. The molecule has 0 radical (unpaired) electrons. The van der Waals surface area contributed by atoms with Crippen molar-refractivity contribution in [2.75, 3.05) is 53.0 Å². The minimum Gasteiger partial charge on any atom is -0.497 e. The van der Waals surface area contributed by atoms with E-state index in [2.05, 4.69) is 10.2 Å². The average Bonchev–Trinajstić information content (AvgIpc) is 3.12. The first kappa shape index (κ1) is 23.9. The molecular weight excluding hydrogens is 434 g/mol. The molecule has 8 nitrogen and oxygen atoms in total. The number of hydrogen-bond acceptors (Lipinski definition) is 6. The molecule has 0 aromatic heterocycles. The van der Waals surface area contributed by atoms with Crippen molar-refractivity contribution in [3.63, 3.8) is 0 Å². The van der Waals surface area contributed by atoms with Crippen LogP contribution in [0, 0.1) is 0 Å². The number of para-hydroxylation sites is 2. The lowest BCUT2D eigenvalue weighted by Gasteiger charge is -2.27. The number of rotatable bonds is 8. The van der Waals surface area contributed by atoms with E-state index >= 15 is 0 Å². The van der Waals surface area contributed by atoms with Crippen LogP contribution in [0.1, 0.15) is 18.4 Å². The predicted octanol–water partition coefficient (Wildman–Crippen LogP) is 2.12. The van der Waals surface area contributed by atoms with Gasteiger partial charge in [-0.05, 0) is 42.7 Å². The highest BCUT2D eigenvalue weighted by Crippen LogP contribution is 2.30. The van der Waals surface area contributed by atoms with Gasteiger partial charge in [0.1, 0.15) is 18.5 Å². The Morgan fingerprint density at radius 2 is 1.82 bits per heavy atom. The van der Waals surface area contributed by atoms with Gasteiger partial charge < -0.3 is 24.4 Å². The number of carbonyl (C=O) groups is 2. The van der Waals surface area contributed by atoms with Crippen LogP contribution in [0.2, 0.25) is 0 Å². The van der Waals surface area contributed by atoms with Crippen molar-refractivity contribution < 1.29 is 23.8 Å². The van der Waals surface area contributed by atoms with Gasteiger partial charge in [0.2, 0.25) is 11.8 Å². The molecule has 2 aromatic carbocycles. The van der Waals surface area contributed by atoms with Gasteiger partial charge in [-0.15, -0.1) is 0 Å². The fourth-order valence-electron chi connectivity index (χ4n) is 4.23. The minimum atomic E-state index is -0.207. The zero-order valence-corrected chi connectivity index (χ0v) is 19.7. The van der Waals surface area contributed by atoms with Gasteiger partial charge in [0.05, 0.1) is 20.2 Å². The number of hydrogen-bond donors (Lipinski definition) is 1. The highest BCUT2D eigenvalue weighted by Gasteiger charge is 2.23. The van der Waals surface area contributed by atoms with Gasteiger partial charge in [-0.3, -0.25) is 14.5 Å². The largest absolute Gasteiger partial charge is 0.497 e. The Morgan fingerprint density at radius 3 is 2.62 bits per heavy atom. The summed E-state index contributed by atoms with van der Waals surface area (Å²) in [6, 6.07) is 15.4. The molecular formula is C26H33N3O5. The van der Waals surface area contributed by atoms with Crippen molar-refractivity contribution in [2.24, 2.45) is 0 Å². The van der Waals surface area contributed by atoms with Crippen molar-refractivity contribution in [3.8, 4) is 17.2 Å². The van der Waals surface area contributed by atoms with E-state index in [1.54, 1.807) is 7.11 Å². The van der Waals surface area contributed by atoms with Gasteiger partial charge in [0.15, 0.2) is 11.5 Å². The average molecular weight is 468 g/mol. The van der Waals surface area contributed by atoms with E-state index in [1.807, 2.05) is 53.4 Å². The van der Waals surface area contributed by atoms with Crippen LogP contribution in [0.25, 0.3) is 0 Å². The smallest absolute Gasteiger partial charge is 0.234 e. The molecule has 1 unspecified atom stereocenters. The fourth-order valence-corrected chi connectivity index (χ4v) is 4.23. The summed E-state index contributed by atoms with van der Waals surface area (Å²) in [5.74, 6) is 2.38. The minimum absolute atomic E-state index is 0.0401. The zero-order chi connectivity index (χ0) is 23.8. The number of carbonyl (C=O) groups excluding carboxylic acids is 2. The third kappa shape index (κ3) is 6.63. The van der Waals surface area contributed by atoms with Gasteiger partial charge in [0.25, 0.3) is 0 Å². The first-order chi connectivity index (χ1) is 16.6. The molecule has 1 N–H and O–H groups in total. The zero-order valence-electron chi connectivity index (χ0n) is 19.7.